The van der Waals surface area contributed by atoms with Crippen molar-refractivity contribution in [3.8, 4) is 0 Å². The minimum absolute atomic E-state index is 0.0505. The third-order valence-corrected chi connectivity index (χ3v) is 12.0. The van der Waals surface area contributed by atoms with Crippen LogP contribution in [0, 0.1) is 0 Å². The third kappa shape index (κ3) is 33.9. The summed E-state index contributed by atoms with van der Waals surface area (Å²) in [6.45, 7) is 13.2. The molecular weight excluding hydrogens is 745 g/mol. The van der Waals surface area contributed by atoms with E-state index < -0.39 is 26.5 Å². The number of quaternary nitrogens is 1. The average molecular weight is 833 g/mol. The van der Waals surface area contributed by atoms with Gasteiger partial charge >= 0.3 is 19.8 Å². The molecule has 0 amide bonds. The Morgan fingerprint density at radius 3 is 1.68 bits per heavy atom. The highest BCUT2D eigenvalue weighted by atomic mass is 31.2. The third-order valence-electron chi connectivity index (χ3n) is 11.0. The van der Waals surface area contributed by atoms with Gasteiger partial charge in [-0.15, -0.1) is 0 Å². The second-order valence-electron chi connectivity index (χ2n) is 15.7. The maximum absolute atomic E-state index is 12.8. The summed E-state index contributed by atoms with van der Waals surface area (Å²) in [5.74, 6) is -0.845. The summed E-state index contributed by atoms with van der Waals surface area (Å²) in [6, 6.07) is 0. The number of carbonyl (C=O) groups is 2. The Labute approximate surface area is 348 Å². The molecule has 0 aliphatic carbocycles. The summed E-state index contributed by atoms with van der Waals surface area (Å²) in [5, 5.41) is 9.04. The Bertz CT molecular complexity index is 1040. The number of likely N-dealkylation sites (N-methyl/N-ethyl adjacent to an activating group) is 1. The zero-order chi connectivity index (χ0) is 42.3. The first kappa shape index (κ1) is 55.4. The van der Waals surface area contributed by atoms with Crippen LogP contribution in [-0.2, 0) is 37.6 Å². The van der Waals surface area contributed by atoms with Crippen molar-refractivity contribution in [1.82, 2.24) is 0 Å². The molecule has 2 unspecified atom stereocenters. The quantitative estimate of drug-likeness (QED) is 0.0116. The molecule has 0 saturated heterocycles. The molecule has 0 rings (SSSR count). The second kappa shape index (κ2) is 38.6. The fraction of sp³-hybridized carbons (Fsp3) is 0.867. The van der Waals surface area contributed by atoms with E-state index in [1.807, 2.05) is 18.2 Å². The highest BCUT2D eigenvalue weighted by molar-refractivity contribution is 7.47. The van der Waals surface area contributed by atoms with E-state index in [1.54, 1.807) is 0 Å². The number of nitrogens with zero attached hydrogens (tertiary/aromatic N) is 1. The van der Waals surface area contributed by atoms with Gasteiger partial charge in [0.05, 0.1) is 26.2 Å². The number of hydrogen-bond acceptors (Lipinski definition) is 9. The lowest BCUT2D eigenvalue weighted by molar-refractivity contribution is -0.923. The predicted octanol–water partition coefficient (Wildman–Crippen LogP) is 12.2. The van der Waals surface area contributed by atoms with E-state index in [2.05, 4.69) is 45.6 Å². The Morgan fingerprint density at radius 2 is 1.14 bits per heavy atom. The molecule has 0 heterocycles. The molecule has 11 nitrogen and oxygen atoms in total. The number of phosphoric acid groups is 1. The molecule has 0 aliphatic heterocycles. The van der Waals surface area contributed by atoms with Crippen molar-refractivity contribution >= 4 is 19.8 Å². The van der Waals surface area contributed by atoms with Gasteiger partial charge in [0.15, 0.2) is 6.10 Å². The van der Waals surface area contributed by atoms with Gasteiger partial charge in [-0.3, -0.25) is 23.9 Å². The summed E-state index contributed by atoms with van der Waals surface area (Å²) >= 11 is 0. The molecule has 3 atom stereocenters. The Hall–Kier alpha value is -1.59. The number of unbranched alkanes of at least 4 members (excludes halogenated alkanes) is 19. The molecule has 0 aromatic heterocycles. The maximum Gasteiger partial charge on any atom is 0.472 e. The first-order chi connectivity index (χ1) is 27.6. The van der Waals surface area contributed by atoms with Gasteiger partial charge in [0.25, 0.3) is 0 Å². The standard InChI is InChI=1S/C45H86NO10P/c1-6-11-13-14-15-16-17-18-19-22-25-28-32-36-44(47)52-40-43(41-54-57(50,51)53-39-38-46(8-3,9-4)10-5)55-45(48)37-33-29-26-23-20-21-24-27-31-35-42(56-49)34-30-12-7-2/h24,27,31,35,42-43H,6-23,25-26,28-30,32-34,36-41H2,1-5H3,(H-,49,50,51)/p+1/b27-24-,35-31+/t42?,43-/m1/s1. The van der Waals surface area contributed by atoms with Crippen LogP contribution in [0.15, 0.2) is 24.3 Å². The normalized spacial score (nSPS) is 14.3. The predicted molar refractivity (Wildman–Crippen MR) is 232 cm³/mol. The van der Waals surface area contributed by atoms with E-state index in [0.717, 1.165) is 101 Å². The van der Waals surface area contributed by atoms with Crippen LogP contribution in [0.5, 0.6) is 0 Å². The lowest BCUT2D eigenvalue weighted by Gasteiger charge is -2.35. The molecule has 0 saturated carbocycles. The van der Waals surface area contributed by atoms with E-state index in [-0.39, 0.29) is 38.1 Å². The van der Waals surface area contributed by atoms with Crippen molar-refractivity contribution in [1.29, 1.82) is 0 Å². The monoisotopic (exact) mass is 833 g/mol. The van der Waals surface area contributed by atoms with E-state index in [1.165, 1.54) is 64.2 Å². The van der Waals surface area contributed by atoms with E-state index in [9.17, 15) is 19.0 Å². The maximum atomic E-state index is 12.8. The highest BCUT2D eigenvalue weighted by Crippen LogP contribution is 2.43. The van der Waals surface area contributed by atoms with Crippen molar-refractivity contribution in [2.24, 2.45) is 0 Å². The van der Waals surface area contributed by atoms with Crippen LogP contribution in [0.2, 0.25) is 0 Å². The van der Waals surface area contributed by atoms with Gasteiger partial charge in [0, 0.05) is 12.8 Å². The number of esters is 2. The molecular formula is C45H87NO10P+. The van der Waals surface area contributed by atoms with Gasteiger partial charge in [-0.05, 0) is 52.9 Å². The molecule has 0 fully saturated rings. The number of phosphoric ester groups is 1. The van der Waals surface area contributed by atoms with Crippen molar-refractivity contribution < 1.29 is 52.2 Å². The zero-order valence-electron chi connectivity index (χ0n) is 37.1. The van der Waals surface area contributed by atoms with E-state index >= 15 is 0 Å². The average Bonchev–Trinajstić information content (AvgIpc) is 3.20. The Kier molecular flexibility index (Phi) is 37.5. The number of ether oxygens (including phenoxy) is 2. The Balaban J connectivity index is 4.65. The van der Waals surface area contributed by atoms with Gasteiger partial charge < -0.3 is 18.9 Å². The van der Waals surface area contributed by atoms with Gasteiger partial charge in [0.1, 0.15) is 25.9 Å². The molecule has 336 valence electrons. The number of allylic oxidation sites excluding steroid dienone is 3. The van der Waals surface area contributed by atoms with Gasteiger partial charge in [-0.25, -0.2) is 9.45 Å². The molecule has 57 heavy (non-hydrogen) atoms. The first-order valence-corrected chi connectivity index (χ1v) is 24.6. The molecule has 0 aromatic carbocycles. The lowest BCUT2D eigenvalue weighted by atomic mass is 10.0. The molecule has 0 bridgehead atoms. The largest absolute Gasteiger partial charge is 0.472 e. The molecule has 0 aliphatic rings. The van der Waals surface area contributed by atoms with E-state index in [0.29, 0.717) is 13.0 Å². The van der Waals surface area contributed by atoms with Gasteiger partial charge in [-0.1, -0.05) is 154 Å². The van der Waals surface area contributed by atoms with Crippen LogP contribution < -0.4 is 0 Å². The summed E-state index contributed by atoms with van der Waals surface area (Å²) in [5.41, 5.74) is 0. The first-order valence-electron chi connectivity index (χ1n) is 23.1. The molecule has 2 N–H and O–H groups in total. The van der Waals surface area contributed by atoms with E-state index in [4.69, 9.17) is 23.8 Å². The summed E-state index contributed by atoms with van der Waals surface area (Å²) in [6.07, 6.45) is 32.5. The van der Waals surface area contributed by atoms with Crippen molar-refractivity contribution in [3.63, 3.8) is 0 Å². The Morgan fingerprint density at radius 1 is 0.632 bits per heavy atom. The van der Waals surface area contributed by atoms with Crippen LogP contribution in [0.3, 0.4) is 0 Å². The van der Waals surface area contributed by atoms with Crippen LogP contribution in [0.1, 0.15) is 195 Å². The second-order valence-corrected chi connectivity index (χ2v) is 17.1. The molecule has 0 aromatic rings. The highest BCUT2D eigenvalue weighted by Gasteiger charge is 2.28. The fourth-order valence-electron chi connectivity index (χ4n) is 6.82. The van der Waals surface area contributed by atoms with Crippen LogP contribution >= 0.6 is 7.82 Å². The van der Waals surface area contributed by atoms with Crippen LogP contribution in [0.4, 0.5) is 0 Å². The smallest absolute Gasteiger partial charge is 0.462 e. The molecule has 0 radical (unpaired) electrons. The van der Waals surface area contributed by atoms with Crippen molar-refractivity contribution in [2.75, 3.05) is 46.0 Å². The summed E-state index contributed by atoms with van der Waals surface area (Å²) in [4.78, 5) is 40.2. The SMILES string of the molecule is CCCCCCCCCCCCCCCC(=O)OC[C@H](COP(=O)(O)OCC[N+](CC)(CC)CC)OC(=O)CCCCCCC/C=C\C=C\C(CCCCC)OO. The zero-order valence-corrected chi connectivity index (χ0v) is 38.0. The summed E-state index contributed by atoms with van der Waals surface area (Å²) in [7, 11) is -4.42. The number of rotatable bonds is 42. The summed E-state index contributed by atoms with van der Waals surface area (Å²) < 4.78 is 35.1. The van der Waals surface area contributed by atoms with Crippen LogP contribution in [-0.4, -0.2) is 84.8 Å². The topological polar surface area (TPSA) is 138 Å². The minimum Gasteiger partial charge on any atom is -0.462 e. The van der Waals surface area contributed by atoms with Crippen LogP contribution in [0.25, 0.3) is 0 Å². The molecule has 0 spiro atoms. The minimum atomic E-state index is -4.42. The number of carbonyl (C=O) groups excluding carboxylic acids is 2. The van der Waals surface area contributed by atoms with Crippen molar-refractivity contribution in [3.05, 3.63) is 24.3 Å². The van der Waals surface area contributed by atoms with Crippen molar-refractivity contribution in [2.45, 2.75) is 207 Å². The molecule has 12 heteroatoms. The van der Waals surface area contributed by atoms with Gasteiger partial charge in [0.2, 0.25) is 0 Å². The number of hydrogen-bond donors (Lipinski definition) is 2. The lowest BCUT2D eigenvalue weighted by Crippen LogP contribution is -2.49. The fourth-order valence-corrected chi connectivity index (χ4v) is 7.56. The van der Waals surface area contributed by atoms with Gasteiger partial charge in [-0.2, -0.15) is 0 Å².